The monoisotopic (exact) mass is 300 g/mol. The molecule has 1 aliphatic rings. The molecule has 0 radical (unpaired) electrons. The van der Waals surface area contributed by atoms with Crippen molar-refractivity contribution in [1.82, 2.24) is 10.2 Å². The smallest absolute Gasteiger partial charge is 0.410 e. The zero-order valence-electron chi connectivity index (χ0n) is 14.2. The third kappa shape index (κ3) is 6.66. The number of amides is 1. The minimum atomic E-state index is -0.450. The van der Waals surface area contributed by atoms with E-state index in [2.05, 4.69) is 12.2 Å². The fraction of sp³-hybridized carbons (Fsp3) is 0.938. The van der Waals surface area contributed by atoms with Crippen molar-refractivity contribution < 1.29 is 14.6 Å². The summed E-state index contributed by atoms with van der Waals surface area (Å²) in [6.45, 7) is 10.7. The maximum Gasteiger partial charge on any atom is 0.410 e. The summed E-state index contributed by atoms with van der Waals surface area (Å²) in [5.41, 5.74) is -0.450. The molecule has 0 bridgehead atoms. The van der Waals surface area contributed by atoms with Crippen LogP contribution in [0, 0.1) is 0 Å². The maximum absolute atomic E-state index is 12.3. The first kappa shape index (κ1) is 18.2. The zero-order valence-corrected chi connectivity index (χ0v) is 14.2. The quantitative estimate of drug-likeness (QED) is 0.819. The Kier molecular flexibility index (Phi) is 6.94. The van der Waals surface area contributed by atoms with E-state index in [1.54, 1.807) is 0 Å². The molecule has 0 aromatic rings. The Hall–Kier alpha value is -0.810. The molecule has 1 heterocycles. The molecule has 0 aromatic carbocycles. The van der Waals surface area contributed by atoms with Gasteiger partial charge in [-0.1, -0.05) is 0 Å². The van der Waals surface area contributed by atoms with Gasteiger partial charge in [0, 0.05) is 24.7 Å². The fourth-order valence-electron chi connectivity index (χ4n) is 2.82. The van der Waals surface area contributed by atoms with Crippen molar-refractivity contribution in [3.05, 3.63) is 0 Å². The van der Waals surface area contributed by atoms with Crippen molar-refractivity contribution in [3.8, 4) is 0 Å². The summed E-state index contributed by atoms with van der Waals surface area (Å²) in [4.78, 5) is 14.2. The molecule has 0 aromatic heterocycles. The first-order chi connectivity index (χ1) is 9.73. The first-order valence-electron chi connectivity index (χ1n) is 8.09. The lowest BCUT2D eigenvalue weighted by molar-refractivity contribution is 0.00770. The Bertz CT molecular complexity index is 328. The predicted molar refractivity (Wildman–Crippen MR) is 84.3 cm³/mol. The van der Waals surface area contributed by atoms with Gasteiger partial charge in [0.15, 0.2) is 0 Å². The summed E-state index contributed by atoms with van der Waals surface area (Å²) in [7, 11) is 0. The van der Waals surface area contributed by atoms with Crippen LogP contribution < -0.4 is 5.32 Å². The van der Waals surface area contributed by atoms with Crippen LogP contribution in [0.25, 0.3) is 0 Å². The molecule has 124 valence electrons. The van der Waals surface area contributed by atoms with Crippen molar-refractivity contribution in [2.45, 2.75) is 84.0 Å². The summed E-state index contributed by atoms with van der Waals surface area (Å²) in [6.07, 6.45) is 3.92. The Balaban J connectivity index is 2.58. The van der Waals surface area contributed by atoms with Crippen LogP contribution >= 0.6 is 0 Å². The van der Waals surface area contributed by atoms with Crippen LogP contribution in [0.15, 0.2) is 0 Å². The SMILES string of the molecule is CC(CO)NC(C)CC1CCCCN1C(=O)OC(C)(C)C. The van der Waals surface area contributed by atoms with Crippen LogP contribution in [-0.4, -0.2) is 53.0 Å². The van der Waals surface area contributed by atoms with E-state index in [0.717, 1.165) is 32.2 Å². The van der Waals surface area contributed by atoms with E-state index < -0.39 is 5.60 Å². The maximum atomic E-state index is 12.3. The molecule has 5 nitrogen and oxygen atoms in total. The Labute approximate surface area is 129 Å². The number of hydrogen-bond donors (Lipinski definition) is 2. The highest BCUT2D eigenvalue weighted by atomic mass is 16.6. The average Bonchev–Trinajstić information content (AvgIpc) is 2.36. The summed E-state index contributed by atoms with van der Waals surface area (Å²) >= 11 is 0. The van der Waals surface area contributed by atoms with Gasteiger partial charge in [0.25, 0.3) is 0 Å². The molecular formula is C16H32N2O3. The molecule has 3 unspecified atom stereocenters. The Morgan fingerprint density at radius 1 is 1.33 bits per heavy atom. The van der Waals surface area contributed by atoms with Gasteiger partial charge in [-0.15, -0.1) is 0 Å². The molecule has 0 aliphatic carbocycles. The summed E-state index contributed by atoms with van der Waals surface area (Å²) in [5, 5.41) is 12.5. The summed E-state index contributed by atoms with van der Waals surface area (Å²) in [6, 6.07) is 0.570. The van der Waals surface area contributed by atoms with Gasteiger partial charge in [0.05, 0.1) is 6.61 Å². The molecule has 3 atom stereocenters. The van der Waals surface area contributed by atoms with E-state index >= 15 is 0 Å². The van der Waals surface area contributed by atoms with Crippen LogP contribution in [0.1, 0.15) is 60.3 Å². The van der Waals surface area contributed by atoms with Crippen LogP contribution in [0.3, 0.4) is 0 Å². The number of likely N-dealkylation sites (tertiary alicyclic amines) is 1. The number of nitrogens with one attached hydrogen (secondary N) is 1. The number of ether oxygens (including phenoxy) is 1. The van der Waals surface area contributed by atoms with Gasteiger partial charge >= 0.3 is 6.09 Å². The molecule has 0 saturated carbocycles. The lowest BCUT2D eigenvalue weighted by Gasteiger charge is -2.38. The Morgan fingerprint density at radius 2 is 2.00 bits per heavy atom. The lowest BCUT2D eigenvalue weighted by atomic mass is 9.96. The van der Waals surface area contributed by atoms with Crippen molar-refractivity contribution in [2.24, 2.45) is 0 Å². The van der Waals surface area contributed by atoms with Gasteiger partial charge in [0.1, 0.15) is 5.60 Å². The molecule has 21 heavy (non-hydrogen) atoms. The molecule has 1 fully saturated rings. The van der Waals surface area contributed by atoms with E-state index in [-0.39, 0.29) is 30.8 Å². The summed E-state index contributed by atoms with van der Waals surface area (Å²) in [5.74, 6) is 0. The second-order valence-electron chi connectivity index (χ2n) is 7.21. The third-order valence-electron chi connectivity index (χ3n) is 3.72. The van der Waals surface area contributed by atoms with Gasteiger partial charge in [0.2, 0.25) is 0 Å². The lowest BCUT2D eigenvalue weighted by Crippen LogP contribution is -2.49. The van der Waals surface area contributed by atoms with E-state index in [9.17, 15) is 4.79 Å². The molecular weight excluding hydrogens is 268 g/mol. The van der Waals surface area contributed by atoms with Gasteiger partial charge < -0.3 is 20.1 Å². The number of nitrogens with zero attached hydrogens (tertiary/aromatic N) is 1. The minimum Gasteiger partial charge on any atom is -0.444 e. The van der Waals surface area contributed by atoms with E-state index in [0.29, 0.717) is 0 Å². The van der Waals surface area contributed by atoms with E-state index in [1.807, 2.05) is 32.6 Å². The zero-order chi connectivity index (χ0) is 16.0. The van der Waals surface area contributed by atoms with E-state index in [1.165, 1.54) is 0 Å². The highest BCUT2D eigenvalue weighted by Crippen LogP contribution is 2.23. The topological polar surface area (TPSA) is 61.8 Å². The highest BCUT2D eigenvalue weighted by molar-refractivity contribution is 5.68. The second-order valence-corrected chi connectivity index (χ2v) is 7.21. The number of aliphatic hydroxyl groups excluding tert-OH is 1. The molecule has 1 amide bonds. The predicted octanol–water partition coefficient (Wildman–Crippen LogP) is 2.53. The first-order valence-corrected chi connectivity index (χ1v) is 8.09. The van der Waals surface area contributed by atoms with Gasteiger partial charge in [-0.2, -0.15) is 0 Å². The molecule has 1 saturated heterocycles. The number of rotatable bonds is 5. The largest absolute Gasteiger partial charge is 0.444 e. The van der Waals surface area contributed by atoms with Gasteiger partial charge in [-0.3, -0.25) is 0 Å². The van der Waals surface area contributed by atoms with E-state index in [4.69, 9.17) is 9.84 Å². The van der Waals surface area contributed by atoms with Crippen molar-refractivity contribution >= 4 is 6.09 Å². The van der Waals surface area contributed by atoms with Crippen LogP contribution in [-0.2, 0) is 4.74 Å². The normalized spacial score (nSPS) is 22.8. The average molecular weight is 300 g/mol. The van der Waals surface area contributed by atoms with Crippen molar-refractivity contribution in [1.29, 1.82) is 0 Å². The standard InChI is InChI=1S/C16H32N2O3/c1-12(17-13(2)11-19)10-14-8-6-7-9-18(14)15(20)21-16(3,4)5/h12-14,17,19H,6-11H2,1-5H3. The summed E-state index contributed by atoms with van der Waals surface area (Å²) < 4.78 is 5.52. The molecule has 5 heteroatoms. The molecule has 1 aliphatic heterocycles. The van der Waals surface area contributed by atoms with Gasteiger partial charge in [-0.05, 0) is 60.3 Å². The molecule has 0 spiro atoms. The molecule has 2 N–H and O–H groups in total. The van der Waals surface area contributed by atoms with Crippen molar-refractivity contribution in [2.75, 3.05) is 13.2 Å². The Morgan fingerprint density at radius 3 is 2.57 bits per heavy atom. The van der Waals surface area contributed by atoms with Crippen LogP contribution in [0.2, 0.25) is 0 Å². The highest BCUT2D eigenvalue weighted by Gasteiger charge is 2.31. The number of aliphatic hydroxyl groups is 1. The second kappa shape index (κ2) is 7.99. The van der Waals surface area contributed by atoms with Crippen LogP contribution in [0.4, 0.5) is 4.79 Å². The number of carbonyl (C=O) groups excluding carboxylic acids is 1. The van der Waals surface area contributed by atoms with Crippen molar-refractivity contribution in [3.63, 3.8) is 0 Å². The third-order valence-corrected chi connectivity index (χ3v) is 3.72. The number of hydrogen-bond acceptors (Lipinski definition) is 4. The number of carbonyl (C=O) groups is 1. The van der Waals surface area contributed by atoms with Gasteiger partial charge in [-0.25, -0.2) is 4.79 Å². The van der Waals surface area contributed by atoms with Crippen LogP contribution in [0.5, 0.6) is 0 Å². The molecule has 1 rings (SSSR count). The fourth-order valence-corrected chi connectivity index (χ4v) is 2.82. The minimum absolute atomic E-state index is 0.0820. The number of piperidine rings is 1.